The van der Waals surface area contributed by atoms with Gasteiger partial charge < -0.3 is 15.8 Å². The zero-order valence-corrected chi connectivity index (χ0v) is 12.0. The first-order valence-corrected chi connectivity index (χ1v) is 9.68. The van der Waals surface area contributed by atoms with E-state index in [4.69, 9.17) is 10.5 Å². The maximum absolute atomic E-state index is 11.2. The minimum absolute atomic E-state index is 0.0161. The Labute approximate surface area is 104 Å². The highest BCUT2D eigenvalue weighted by molar-refractivity contribution is 6.76. The van der Waals surface area contributed by atoms with Crippen molar-refractivity contribution >= 4 is 20.0 Å². The van der Waals surface area contributed by atoms with Crippen LogP contribution in [0.15, 0.2) is 0 Å². The Morgan fingerprint density at radius 2 is 1.94 bits per heavy atom. The van der Waals surface area contributed by atoms with E-state index >= 15 is 0 Å². The van der Waals surface area contributed by atoms with E-state index < -0.39 is 14.2 Å². The van der Waals surface area contributed by atoms with Gasteiger partial charge >= 0.3 is 6.09 Å². The summed E-state index contributed by atoms with van der Waals surface area (Å²) in [7, 11) is -1.17. The third kappa shape index (κ3) is 11.4. The molecule has 6 heteroatoms. The molecule has 3 N–H and O–H groups in total. The van der Waals surface area contributed by atoms with Gasteiger partial charge in [-0.1, -0.05) is 19.6 Å². The number of hydrogen-bond acceptors (Lipinski definition) is 4. The lowest BCUT2D eigenvalue weighted by molar-refractivity contribution is -0.118. The van der Waals surface area contributed by atoms with Crippen LogP contribution in [-0.4, -0.2) is 39.6 Å². The van der Waals surface area contributed by atoms with E-state index in [0.29, 0.717) is 26.0 Å². The minimum Gasteiger partial charge on any atom is -0.450 e. The molecule has 0 aliphatic rings. The van der Waals surface area contributed by atoms with Gasteiger partial charge in [-0.3, -0.25) is 4.79 Å². The standard InChI is InChI=1S/C11H24N2O3Si/c1-17(2,3)8-7-16-11(15)13-9-10(14)5-4-6-12/h4-9,12H2,1-3H3,(H,13,15). The second-order valence-electron chi connectivity index (χ2n) is 5.23. The molecule has 0 radical (unpaired) electrons. The normalized spacial score (nSPS) is 11.1. The van der Waals surface area contributed by atoms with Crippen LogP contribution in [0.2, 0.25) is 25.7 Å². The fourth-order valence-electron chi connectivity index (χ4n) is 1.06. The lowest BCUT2D eigenvalue weighted by Gasteiger charge is -2.15. The number of ketones is 1. The molecule has 0 saturated heterocycles. The van der Waals surface area contributed by atoms with Crippen molar-refractivity contribution in [2.45, 2.75) is 38.5 Å². The first-order valence-electron chi connectivity index (χ1n) is 5.97. The first-order chi connectivity index (χ1) is 7.85. The molecule has 0 aliphatic carbocycles. The summed E-state index contributed by atoms with van der Waals surface area (Å²) in [6, 6.07) is 0.932. The lowest BCUT2D eigenvalue weighted by atomic mass is 10.2. The van der Waals surface area contributed by atoms with Crippen LogP contribution in [0.25, 0.3) is 0 Å². The number of Topliss-reactive ketones (excluding diaryl/α,β-unsaturated/α-hetero) is 1. The van der Waals surface area contributed by atoms with Crippen molar-refractivity contribution in [2.75, 3.05) is 19.7 Å². The van der Waals surface area contributed by atoms with E-state index in [1.807, 2.05) is 0 Å². The van der Waals surface area contributed by atoms with Crippen molar-refractivity contribution in [3.63, 3.8) is 0 Å². The van der Waals surface area contributed by atoms with Crippen molar-refractivity contribution < 1.29 is 14.3 Å². The molecule has 0 aromatic heterocycles. The summed E-state index contributed by atoms with van der Waals surface area (Å²) in [6.07, 6.45) is 0.556. The van der Waals surface area contributed by atoms with E-state index in [2.05, 4.69) is 25.0 Å². The number of nitrogens with one attached hydrogen (secondary N) is 1. The van der Waals surface area contributed by atoms with Gasteiger partial charge in [0.15, 0.2) is 5.78 Å². The van der Waals surface area contributed by atoms with Crippen LogP contribution in [0.4, 0.5) is 4.79 Å². The Hall–Kier alpha value is -0.883. The zero-order chi connectivity index (χ0) is 13.3. The van der Waals surface area contributed by atoms with Crippen LogP contribution in [-0.2, 0) is 9.53 Å². The monoisotopic (exact) mass is 260 g/mol. The molecule has 0 heterocycles. The molecule has 0 aliphatic heterocycles. The van der Waals surface area contributed by atoms with Crippen LogP contribution in [0.1, 0.15) is 12.8 Å². The van der Waals surface area contributed by atoms with Gasteiger partial charge in [0.05, 0.1) is 13.2 Å². The summed E-state index contributed by atoms with van der Waals surface area (Å²) in [5, 5.41) is 2.44. The predicted octanol–water partition coefficient (Wildman–Crippen LogP) is 1.36. The molecule has 0 fully saturated rings. The Morgan fingerprint density at radius 1 is 1.29 bits per heavy atom. The second kappa shape index (κ2) is 8.24. The molecule has 0 bridgehead atoms. The zero-order valence-electron chi connectivity index (χ0n) is 11.0. The van der Waals surface area contributed by atoms with Gasteiger partial charge in [0.25, 0.3) is 0 Å². The molecular formula is C11H24N2O3Si. The average Bonchev–Trinajstić information content (AvgIpc) is 2.21. The number of hydrogen-bond donors (Lipinski definition) is 2. The van der Waals surface area contributed by atoms with E-state index in [1.54, 1.807) is 0 Å². The smallest absolute Gasteiger partial charge is 0.407 e. The van der Waals surface area contributed by atoms with Crippen LogP contribution >= 0.6 is 0 Å². The average molecular weight is 260 g/mol. The van der Waals surface area contributed by atoms with Crippen molar-refractivity contribution in [3.8, 4) is 0 Å². The number of rotatable bonds is 8. The predicted molar refractivity (Wildman–Crippen MR) is 70.8 cm³/mol. The van der Waals surface area contributed by atoms with Crippen LogP contribution in [0, 0.1) is 0 Å². The number of carbonyl (C=O) groups excluding carboxylic acids is 2. The van der Waals surface area contributed by atoms with Gasteiger partial charge in [0.1, 0.15) is 0 Å². The molecule has 0 aromatic rings. The summed E-state index contributed by atoms with van der Waals surface area (Å²) in [5.74, 6) is -0.0161. The van der Waals surface area contributed by atoms with Gasteiger partial charge in [-0.2, -0.15) is 0 Å². The Bertz CT molecular complexity index is 252. The maximum Gasteiger partial charge on any atom is 0.407 e. The number of ether oxygens (including phenoxy) is 1. The van der Waals surface area contributed by atoms with Crippen LogP contribution in [0.3, 0.4) is 0 Å². The molecule has 17 heavy (non-hydrogen) atoms. The van der Waals surface area contributed by atoms with Gasteiger partial charge in [-0.25, -0.2) is 4.79 Å². The second-order valence-corrected chi connectivity index (χ2v) is 10.9. The molecule has 0 spiro atoms. The molecule has 5 nitrogen and oxygen atoms in total. The van der Waals surface area contributed by atoms with Gasteiger partial charge in [0.2, 0.25) is 0 Å². The SMILES string of the molecule is C[Si](C)(C)CCOC(=O)NCC(=O)CCCN. The highest BCUT2D eigenvalue weighted by Gasteiger charge is 2.14. The summed E-state index contributed by atoms with van der Waals surface area (Å²) in [6.45, 7) is 7.59. The lowest BCUT2D eigenvalue weighted by Crippen LogP contribution is -2.31. The Balaban J connectivity index is 3.56. The summed E-state index contributed by atoms with van der Waals surface area (Å²) >= 11 is 0. The van der Waals surface area contributed by atoms with Crippen LogP contribution in [0.5, 0.6) is 0 Å². The van der Waals surface area contributed by atoms with E-state index in [0.717, 1.165) is 6.04 Å². The minimum atomic E-state index is -1.17. The number of amides is 1. The topological polar surface area (TPSA) is 81.4 Å². The van der Waals surface area contributed by atoms with E-state index in [-0.39, 0.29) is 12.3 Å². The fourth-order valence-corrected chi connectivity index (χ4v) is 1.77. The molecule has 1 amide bonds. The number of alkyl carbamates (subject to hydrolysis) is 1. The summed E-state index contributed by atoms with van der Waals surface area (Å²) < 4.78 is 4.98. The molecule has 0 aromatic carbocycles. The van der Waals surface area contributed by atoms with Crippen LogP contribution < -0.4 is 11.1 Å². The fraction of sp³-hybridized carbons (Fsp3) is 0.818. The molecule has 0 rings (SSSR count). The van der Waals surface area contributed by atoms with Gasteiger partial charge in [-0.15, -0.1) is 0 Å². The van der Waals surface area contributed by atoms with E-state index in [9.17, 15) is 9.59 Å². The first kappa shape index (κ1) is 16.1. The van der Waals surface area contributed by atoms with Crippen molar-refractivity contribution in [1.29, 1.82) is 0 Å². The van der Waals surface area contributed by atoms with Crippen molar-refractivity contribution in [2.24, 2.45) is 5.73 Å². The molecular weight excluding hydrogens is 236 g/mol. The molecule has 0 atom stereocenters. The third-order valence-corrected chi connectivity index (χ3v) is 3.88. The maximum atomic E-state index is 11.2. The molecule has 100 valence electrons. The Morgan fingerprint density at radius 3 is 2.47 bits per heavy atom. The molecule has 0 saturated carbocycles. The summed E-state index contributed by atoms with van der Waals surface area (Å²) in [4.78, 5) is 22.4. The largest absolute Gasteiger partial charge is 0.450 e. The number of nitrogens with two attached hydrogens (primary N) is 1. The Kier molecular flexibility index (Phi) is 7.82. The molecule has 0 unspecified atom stereocenters. The van der Waals surface area contributed by atoms with Crippen molar-refractivity contribution in [3.05, 3.63) is 0 Å². The van der Waals surface area contributed by atoms with Crippen molar-refractivity contribution in [1.82, 2.24) is 5.32 Å². The van der Waals surface area contributed by atoms with Gasteiger partial charge in [-0.05, 0) is 19.0 Å². The van der Waals surface area contributed by atoms with Gasteiger partial charge in [0, 0.05) is 14.5 Å². The third-order valence-electron chi connectivity index (χ3n) is 2.17. The highest BCUT2D eigenvalue weighted by Crippen LogP contribution is 2.07. The van der Waals surface area contributed by atoms with E-state index in [1.165, 1.54) is 0 Å². The highest BCUT2D eigenvalue weighted by atomic mass is 28.3. The quantitative estimate of drug-likeness (QED) is 0.646. The number of carbonyl (C=O) groups is 2. The summed E-state index contributed by atoms with van der Waals surface area (Å²) in [5.41, 5.74) is 5.28.